The quantitative estimate of drug-likeness (QED) is 0.917. The Morgan fingerprint density at radius 1 is 1.29 bits per heavy atom. The minimum atomic E-state index is -0.589. The molecular weight excluding hydrogens is 330 g/mol. The first-order valence-corrected chi connectivity index (χ1v) is 8.33. The van der Waals surface area contributed by atoms with Gasteiger partial charge in [-0.15, -0.1) is 12.4 Å². The number of ether oxygens (including phenoxy) is 1. The Bertz CT molecular complexity index is 747. The molecule has 0 spiro atoms. The molecule has 6 nitrogen and oxygen atoms in total. The molecule has 2 heterocycles. The summed E-state index contributed by atoms with van der Waals surface area (Å²) in [4.78, 5) is 24.8. The first-order valence-electron chi connectivity index (χ1n) is 8.33. The summed E-state index contributed by atoms with van der Waals surface area (Å²) in [5.74, 6) is 0. The first kappa shape index (κ1) is 18.5. The van der Waals surface area contributed by atoms with E-state index in [9.17, 15) is 9.59 Å². The number of halogens is 1. The van der Waals surface area contributed by atoms with Crippen LogP contribution < -0.4 is 11.0 Å². The normalized spacial score (nSPS) is 17.5. The molecule has 1 aliphatic rings. The maximum absolute atomic E-state index is 12.4. The fourth-order valence-corrected chi connectivity index (χ4v) is 3.21. The number of benzene rings is 1. The Labute approximate surface area is 147 Å². The summed E-state index contributed by atoms with van der Waals surface area (Å²) in [5, 5.41) is 3.42. The van der Waals surface area contributed by atoms with E-state index in [1.165, 1.54) is 12.8 Å². The van der Waals surface area contributed by atoms with Gasteiger partial charge in [-0.1, -0.05) is 18.6 Å². The highest BCUT2D eigenvalue weighted by atomic mass is 35.5. The number of para-hydroxylation sites is 2. The van der Waals surface area contributed by atoms with Gasteiger partial charge in [0.15, 0.2) is 0 Å². The lowest BCUT2D eigenvalue weighted by Gasteiger charge is -2.23. The van der Waals surface area contributed by atoms with Gasteiger partial charge in [0, 0.05) is 12.6 Å². The summed E-state index contributed by atoms with van der Waals surface area (Å²) in [6, 6.07) is 7.70. The number of imidazole rings is 1. The maximum Gasteiger partial charge on any atom is 0.422 e. The van der Waals surface area contributed by atoms with Crippen molar-refractivity contribution in [3.63, 3.8) is 0 Å². The number of aromatic nitrogens is 2. The van der Waals surface area contributed by atoms with Gasteiger partial charge in [0.05, 0.1) is 17.6 Å². The lowest BCUT2D eigenvalue weighted by molar-refractivity contribution is 0.140. The van der Waals surface area contributed by atoms with E-state index in [1.807, 2.05) is 25.1 Å². The molecule has 24 heavy (non-hydrogen) atoms. The van der Waals surface area contributed by atoms with Crippen molar-refractivity contribution in [3.05, 3.63) is 34.7 Å². The number of rotatable bonds is 4. The molecule has 1 fully saturated rings. The molecule has 0 saturated carbocycles. The van der Waals surface area contributed by atoms with E-state index in [1.54, 1.807) is 10.6 Å². The predicted octanol–water partition coefficient (Wildman–Crippen LogP) is 2.76. The van der Waals surface area contributed by atoms with Gasteiger partial charge >= 0.3 is 11.8 Å². The highest BCUT2D eigenvalue weighted by molar-refractivity contribution is 5.86. The Morgan fingerprint density at radius 2 is 2.04 bits per heavy atom. The van der Waals surface area contributed by atoms with E-state index >= 15 is 0 Å². The summed E-state index contributed by atoms with van der Waals surface area (Å²) in [7, 11) is 0. The fourth-order valence-electron chi connectivity index (χ4n) is 3.21. The van der Waals surface area contributed by atoms with Gasteiger partial charge in [-0.05, 0) is 44.9 Å². The molecule has 132 valence electrons. The third-order valence-electron chi connectivity index (χ3n) is 4.44. The highest BCUT2D eigenvalue weighted by Crippen LogP contribution is 2.14. The number of aryl methyl sites for hydroxylation is 1. The number of piperidine rings is 1. The zero-order valence-electron chi connectivity index (χ0n) is 13.9. The smallest absolute Gasteiger partial charge is 0.422 e. The van der Waals surface area contributed by atoms with Crippen LogP contribution in [0.4, 0.5) is 4.79 Å². The van der Waals surface area contributed by atoms with Crippen molar-refractivity contribution in [2.24, 2.45) is 0 Å². The molecule has 0 bridgehead atoms. The number of carbonyl (C=O) groups excluding carboxylic acids is 1. The number of fused-ring (bicyclic) bond motifs is 1. The number of nitrogens with zero attached hydrogens (tertiary/aromatic N) is 2. The molecule has 0 radical (unpaired) electrons. The monoisotopic (exact) mass is 353 g/mol. The average Bonchev–Trinajstić information content (AvgIpc) is 2.87. The molecule has 1 unspecified atom stereocenters. The summed E-state index contributed by atoms with van der Waals surface area (Å²) in [6.07, 6.45) is 3.74. The van der Waals surface area contributed by atoms with E-state index in [0.29, 0.717) is 24.7 Å². The number of hydrogen-bond donors (Lipinski definition) is 1. The lowest BCUT2D eigenvalue weighted by atomic mass is 10.0. The second-order valence-electron chi connectivity index (χ2n) is 5.90. The maximum atomic E-state index is 12.4. The Balaban J connectivity index is 0.00000208. The van der Waals surface area contributed by atoms with Crippen LogP contribution in [0.15, 0.2) is 29.1 Å². The van der Waals surface area contributed by atoms with Crippen LogP contribution in [0.3, 0.4) is 0 Å². The van der Waals surface area contributed by atoms with E-state index in [0.717, 1.165) is 29.5 Å². The average molecular weight is 354 g/mol. The molecule has 0 aliphatic carbocycles. The van der Waals surface area contributed by atoms with Crippen LogP contribution in [0.5, 0.6) is 0 Å². The molecule has 7 heteroatoms. The lowest BCUT2D eigenvalue weighted by Crippen LogP contribution is -2.35. The van der Waals surface area contributed by atoms with Crippen LogP contribution in [0.2, 0.25) is 0 Å². The van der Waals surface area contributed by atoms with Crippen molar-refractivity contribution in [1.82, 2.24) is 14.5 Å². The third-order valence-corrected chi connectivity index (χ3v) is 4.44. The third kappa shape index (κ3) is 3.65. The molecular formula is C17H24ClN3O3. The molecule has 1 saturated heterocycles. The fraction of sp³-hybridized carbons (Fsp3) is 0.529. The van der Waals surface area contributed by atoms with Crippen LogP contribution in [0.25, 0.3) is 11.0 Å². The topological polar surface area (TPSA) is 65.3 Å². The molecule has 1 N–H and O–H groups in total. The van der Waals surface area contributed by atoms with Gasteiger partial charge in [-0.3, -0.25) is 4.57 Å². The molecule has 1 aromatic heterocycles. The molecule has 0 amide bonds. The minimum Gasteiger partial charge on any atom is -0.449 e. The van der Waals surface area contributed by atoms with Crippen LogP contribution >= 0.6 is 12.4 Å². The minimum absolute atomic E-state index is 0. The van der Waals surface area contributed by atoms with Crippen LogP contribution in [-0.4, -0.2) is 34.4 Å². The van der Waals surface area contributed by atoms with E-state index in [4.69, 9.17) is 4.74 Å². The second kappa shape index (κ2) is 8.35. The van der Waals surface area contributed by atoms with Crippen molar-refractivity contribution in [2.45, 2.75) is 45.2 Å². The molecule has 2 aromatic rings. The summed E-state index contributed by atoms with van der Waals surface area (Å²) in [6.45, 7) is 3.76. The number of carbonyl (C=O) groups is 1. The largest absolute Gasteiger partial charge is 0.449 e. The highest BCUT2D eigenvalue weighted by Gasteiger charge is 2.19. The zero-order valence-corrected chi connectivity index (χ0v) is 14.7. The Hall–Kier alpha value is -1.79. The van der Waals surface area contributed by atoms with Gasteiger partial charge < -0.3 is 10.1 Å². The van der Waals surface area contributed by atoms with Crippen molar-refractivity contribution in [2.75, 3.05) is 13.2 Å². The van der Waals surface area contributed by atoms with Gasteiger partial charge in [0.1, 0.15) is 0 Å². The van der Waals surface area contributed by atoms with Crippen molar-refractivity contribution < 1.29 is 9.53 Å². The van der Waals surface area contributed by atoms with Gasteiger partial charge in [-0.2, -0.15) is 4.57 Å². The van der Waals surface area contributed by atoms with Crippen molar-refractivity contribution >= 4 is 29.5 Å². The van der Waals surface area contributed by atoms with Crippen LogP contribution in [0, 0.1) is 0 Å². The van der Waals surface area contributed by atoms with Crippen LogP contribution in [0.1, 0.15) is 32.6 Å². The standard InChI is InChI=1S/C17H23N3O3.ClH/c1-2-19-14-8-3-4-9-15(14)20(16(19)21)17(22)23-12-10-13-7-5-6-11-18-13;/h3-4,8-9,13,18H,2,5-7,10-12H2,1H3;1H. The van der Waals surface area contributed by atoms with E-state index in [-0.39, 0.29) is 18.1 Å². The predicted molar refractivity (Wildman–Crippen MR) is 96.1 cm³/mol. The molecule has 3 rings (SSSR count). The van der Waals surface area contributed by atoms with Crippen molar-refractivity contribution in [1.29, 1.82) is 0 Å². The molecule has 1 aliphatic heterocycles. The van der Waals surface area contributed by atoms with Crippen molar-refractivity contribution in [3.8, 4) is 0 Å². The van der Waals surface area contributed by atoms with Gasteiger partial charge in [0.25, 0.3) is 0 Å². The zero-order chi connectivity index (χ0) is 16.2. The molecule has 1 aromatic carbocycles. The van der Waals surface area contributed by atoms with Gasteiger partial charge in [0.2, 0.25) is 0 Å². The summed E-state index contributed by atoms with van der Waals surface area (Å²) in [5.41, 5.74) is 1.01. The molecule has 1 atom stereocenters. The number of nitrogens with one attached hydrogen (secondary N) is 1. The van der Waals surface area contributed by atoms with Gasteiger partial charge in [-0.25, -0.2) is 9.59 Å². The summed E-state index contributed by atoms with van der Waals surface area (Å²) >= 11 is 0. The Morgan fingerprint density at radius 3 is 2.71 bits per heavy atom. The Kier molecular flexibility index (Phi) is 6.45. The van der Waals surface area contributed by atoms with E-state index < -0.39 is 6.09 Å². The van der Waals surface area contributed by atoms with Crippen LogP contribution in [-0.2, 0) is 11.3 Å². The summed E-state index contributed by atoms with van der Waals surface area (Å²) < 4.78 is 8.06. The van der Waals surface area contributed by atoms with E-state index in [2.05, 4.69) is 5.32 Å². The first-order chi connectivity index (χ1) is 11.2. The SMILES string of the molecule is CCn1c(=O)n(C(=O)OCCC2CCCCN2)c2ccccc21.Cl. The second-order valence-corrected chi connectivity index (χ2v) is 5.90. The number of hydrogen-bond acceptors (Lipinski definition) is 4.